The van der Waals surface area contributed by atoms with Crippen molar-refractivity contribution in [2.45, 2.75) is 54.9 Å². The summed E-state index contributed by atoms with van der Waals surface area (Å²) in [6, 6.07) is 0. The average Bonchev–Trinajstić information content (AvgIpc) is 2.85. The van der Waals surface area contributed by atoms with Gasteiger partial charge < -0.3 is 4.98 Å². The van der Waals surface area contributed by atoms with Crippen molar-refractivity contribution in [3.63, 3.8) is 0 Å². The zero-order valence-electron chi connectivity index (χ0n) is 22.0. The molecule has 0 saturated carbocycles. The molecule has 0 aliphatic carbocycles. The topological polar surface area (TPSA) is 75.3 Å². The van der Waals surface area contributed by atoms with E-state index >= 15 is 0 Å². The van der Waals surface area contributed by atoms with E-state index in [1.807, 2.05) is 40.7 Å². The molecule has 0 unspecified atom stereocenters. The maximum absolute atomic E-state index is 12.4. The number of rotatable bonds is 8. The summed E-state index contributed by atoms with van der Waals surface area (Å²) in [7, 11) is 2.88. The Morgan fingerprint density at radius 3 is 2.09 bits per heavy atom. The van der Waals surface area contributed by atoms with Gasteiger partial charge in [0.05, 0.1) is 18.5 Å². The lowest BCUT2D eigenvalue weighted by atomic mass is 10.0. The highest BCUT2D eigenvalue weighted by atomic mass is 16.7. The number of carbonyl (C=O) groups excluding carboxylic acids is 1. The fourth-order valence-electron chi connectivity index (χ4n) is 2.14. The smallest absolute Gasteiger partial charge is 0.305 e. The van der Waals surface area contributed by atoms with E-state index in [9.17, 15) is 9.59 Å². The quantitative estimate of drug-likeness (QED) is 0.270. The normalized spacial score (nSPS) is 10.5. The Kier molecular flexibility index (Phi) is 22.9. The summed E-state index contributed by atoms with van der Waals surface area (Å²) in [5.74, 6) is -0.390. The van der Waals surface area contributed by atoms with Gasteiger partial charge in [-0.1, -0.05) is 98.1 Å². The van der Waals surface area contributed by atoms with Crippen LogP contribution in [0.5, 0.6) is 0 Å². The van der Waals surface area contributed by atoms with Crippen LogP contribution in [-0.4, -0.2) is 35.1 Å². The van der Waals surface area contributed by atoms with E-state index in [-0.39, 0.29) is 5.57 Å². The van der Waals surface area contributed by atoms with Gasteiger partial charge in [0.15, 0.2) is 0 Å². The maximum Gasteiger partial charge on any atom is 0.345 e. The number of hydrogen-bond acceptors (Lipinski definition) is 4. The van der Waals surface area contributed by atoms with E-state index in [1.165, 1.54) is 32.7 Å². The predicted octanol–water partition coefficient (Wildman–Crippen LogP) is 6.62. The second-order valence-electron chi connectivity index (χ2n) is 5.76. The molecule has 0 atom stereocenters. The number of aromatic nitrogens is 2. The first-order valence-electron chi connectivity index (χ1n) is 11.2. The maximum atomic E-state index is 12.4. The fraction of sp³-hybridized carbons (Fsp3) is 0.370. The lowest BCUT2D eigenvalue weighted by Crippen LogP contribution is -2.26. The Balaban J connectivity index is -0.00000115. The minimum absolute atomic E-state index is 0.274. The molecule has 0 aliphatic rings. The molecule has 1 aromatic heterocycles. The van der Waals surface area contributed by atoms with Gasteiger partial charge in [0.1, 0.15) is 0 Å². The van der Waals surface area contributed by atoms with E-state index < -0.39 is 11.6 Å². The highest BCUT2D eigenvalue weighted by molar-refractivity contribution is 6.01. The molecule has 0 aliphatic heterocycles. The average molecular weight is 458 g/mol. The first-order valence-corrected chi connectivity index (χ1v) is 11.2. The predicted molar refractivity (Wildman–Crippen MR) is 145 cm³/mol. The Bertz CT molecular complexity index is 875. The molecule has 6 heteroatoms. The highest BCUT2D eigenvalue weighted by Gasteiger charge is 2.16. The van der Waals surface area contributed by atoms with Crippen LogP contribution in [0.2, 0.25) is 0 Å². The zero-order chi connectivity index (χ0) is 26.4. The van der Waals surface area contributed by atoms with Gasteiger partial charge >= 0.3 is 5.69 Å². The lowest BCUT2D eigenvalue weighted by molar-refractivity contribution is -0.163. The van der Waals surface area contributed by atoms with Gasteiger partial charge in [0, 0.05) is 18.2 Å². The summed E-state index contributed by atoms with van der Waals surface area (Å²) in [6.45, 7) is 25.1. The molecule has 6 nitrogen and oxygen atoms in total. The van der Waals surface area contributed by atoms with Crippen molar-refractivity contribution in [2.75, 3.05) is 14.2 Å². The number of likely N-dealkylation sites (N-methyl/N-ethyl adjacent to an activating group) is 1. The van der Waals surface area contributed by atoms with Crippen LogP contribution < -0.4 is 5.69 Å². The van der Waals surface area contributed by atoms with Crippen LogP contribution in [-0.2, 0) is 9.63 Å². The molecule has 0 saturated heterocycles. The van der Waals surface area contributed by atoms with Crippen LogP contribution in [0.25, 0.3) is 17.7 Å². The SMILES string of the molecule is C=C/C=C\C(=C/C)c1nc(=O)[nH]c(C=C)c1/C=C(\C=C)C(=O)N(C)OC.CC.CC.CCC. The van der Waals surface area contributed by atoms with Crippen LogP contribution in [0.15, 0.2) is 60.5 Å². The first kappa shape index (κ1) is 34.4. The Morgan fingerprint density at radius 2 is 1.70 bits per heavy atom. The Morgan fingerprint density at radius 1 is 1.15 bits per heavy atom. The number of carbonyl (C=O) groups is 1. The molecule has 0 bridgehead atoms. The summed E-state index contributed by atoms with van der Waals surface area (Å²) >= 11 is 0. The van der Waals surface area contributed by atoms with Crippen molar-refractivity contribution < 1.29 is 9.63 Å². The summed E-state index contributed by atoms with van der Waals surface area (Å²) in [6.07, 6.45) is 12.7. The Hall–Kier alpha value is -3.25. The van der Waals surface area contributed by atoms with E-state index in [0.717, 1.165) is 5.06 Å². The molecular weight excluding hydrogens is 414 g/mol. The van der Waals surface area contributed by atoms with Crippen molar-refractivity contribution >= 4 is 23.6 Å². The zero-order valence-corrected chi connectivity index (χ0v) is 22.0. The molecular formula is C27H43N3O3. The van der Waals surface area contributed by atoms with Gasteiger partial charge in [-0.2, -0.15) is 4.98 Å². The highest BCUT2D eigenvalue weighted by Crippen LogP contribution is 2.23. The van der Waals surface area contributed by atoms with Gasteiger partial charge in [-0.3, -0.25) is 9.63 Å². The van der Waals surface area contributed by atoms with Crippen molar-refractivity contribution in [1.82, 2.24) is 15.0 Å². The third-order valence-electron chi connectivity index (χ3n) is 3.53. The van der Waals surface area contributed by atoms with Gasteiger partial charge in [-0.15, -0.1) is 0 Å². The van der Waals surface area contributed by atoms with Crippen LogP contribution in [0.4, 0.5) is 0 Å². The molecule has 1 amide bonds. The van der Waals surface area contributed by atoms with Crippen LogP contribution >= 0.6 is 0 Å². The number of H-pyrrole nitrogens is 1. The Labute approximate surface area is 200 Å². The number of nitrogens with zero attached hydrogens (tertiary/aromatic N) is 2. The van der Waals surface area contributed by atoms with Crippen molar-refractivity contribution in [3.05, 3.63) is 83.1 Å². The molecule has 1 heterocycles. The molecule has 33 heavy (non-hydrogen) atoms. The number of allylic oxidation sites excluding steroid dienone is 5. The van der Waals surface area contributed by atoms with Gasteiger partial charge in [-0.05, 0) is 24.6 Å². The molecule has 184 valence electrons. The van der Waals surface area contributed by atoms with Gasteiger partial charge in [0.2, 0.25) is 0 Å². The lowest BCUT2D eigenvalue weighted by Gasteiger charge is -2.15. The monoisotopic (exact) mass is 457 g/mol. The summed E-state index contributed by atoms with van der Waals surface area (Å²) < 4.78 is 0. The van der Waals surface area contributed by atoms with Crippen LogP contribution in [0.1, 0.15) is 71.8 Å². The minimum Gasteiger partial charge on any atom is -0.305 e. The largest absolute Gasteiger partial charge is 0.345 e. The standard InChI is InChI=1S/C20H23N3O3.C3H8.2C2H6/c1-7-11-12-14(8-2)18-16(17(10-4)21-20(25)22-18)13-15(9-3)19(24)23(5)26-6;1-3-2;2*1-2/h7-13H,1,3-4H2,2,5-6H3,(H,21,22,25);3H2,1-2H3;2*1-2H3/b12-11-,14-8+,15-13+;;;. The van der Waals surface area contributed by atoms with Crippen molar-refractivity contribution in [2.24, 2.45) is 0 Å². The number of nitrogens with one attached hydrogen (secondary N) is 1. The second kappa shape index (κ2) is 22.0. The number of hydrogen-bond donors (Lipinski definition) is 1. The number of hydroxylamine groups is 2. The molecule has 0 radical (unpaired) electrons. The fourth-order valence-corrected chi connectivity index (χ4v) is 2.14. The molecule has 0 fully saturated rings. The van der Waals surface area contributed by atoms with E-state index in [2.05, 4.69) is 43.6 Å². The molecule has 0 aromatic carbocycles. The summed E-state index contributed by atoms with van der Waals surface area (Å²) in [5, 5.41) is 1.08. The van der Waals surface area contributed by atoms with Crippen molar-refractivity contribution in [1.29, 1.82) is 0 Å². The minimum atomic E-state index is -0.515. The molecule has 1 N–H and O–H groups in total. The summed E-state index contributed by atoms with van der Waals surface area (Å²) in [5.41, 5.74) is 1.85. The van der Waals surface area contributed by atoms with E-state index in [1.54, 1.807) is 24.3 Å². The molecule has 1 rings (SSSR count). The van der Waals surface area contributed by atoms with Crippen LogP contribution in [0.3, 0.4) is 0 Å². The molecule has 0 spiro atoms. The first-order chi connectivity index (χ1) is 15.8. The molecule has 1 aromatic rings. The third-order valence-corrected chi connectivity index (χ3v) is 3.53. The van der Waals surface area contributed by atoms with E-state index in [4.69, 9.17) is 4.84 Å². The second-order valence-corrected chi connectivity index (χ2v) is 5.76. The summed E-state index contributed by atoms with van der Waals surface area (Å²) in [4.78, 5) is 36.0. The number of amides is 1. The van der Waals surface area contributed by atoms with Gasteiger partial charge in [0.25, 0.3) is 5.91 Å². The number of aromatic amines is 1. The van der Waals surface area contributed by atoms with Crippen molar-refractivity contribution in [3.8, 4) is 0 Å². The van der Waals surface area contributed by atoms with Gasteiger partial charge in [-0.25, -0.2) is 9.86 Å². The third kappa shape index (κ3) is 12.4. The van der Waals surface area contributed by atoms with E-state index in [0.29, 0.717) is 22.5 Å². The van der Waals surface area contributed by atoms with Crippen LogP contribution in [0, 0.1) is 0 Å².